The van der Waals surface area contributed by atoms with E-state index in [4.69, 9.17) is 0 Å². The maximum absolute atomic E-state index is 2.45. The van der Waals surface area contributed by atoms with Crippen LogP contribution in [0.1, 0.15) is 58.1 Å². The Morgan fingerprint density at radius 2 is 1.78 bits per heavy atom. The molecule has 23 heavy (non-hydrogen) atoms. The topological polar surface area (TPSA) is 0 Å². The summed E-state index contributed by atoms with van der Waals surface area (Å²) in [6, 6.07) is 18.0. The van der Waals surface area contributed by atoms with Crippen molar-refractivity contribution in [3.05, 3.63) is 71.2 Å². The summed E-state index contributed by atoms with van der Waals surface area (Å²) in [6.45, 7) is 11.6. The van der Waals surface area contributed by atoms with Crippen LogP contribution in [0.25, 0.3) is 0 Å². The van der Waals surface area contributed by atoms with Gasteiger partial charge in [0, 0.05) is 0 Å². The van der Waals surface area contributed by atoms with Gasteiger partial charge in [-0.1, -0.05) is 98.3 Å². The highest BCUT2D eigenvalue weighted by molar-refractivity contribution is 6.89. The molecule has 0 amide bonds. The number of hydrogen-bond acceptors (Lipinski definition) is 0. The molecule has 0 radical (unpaired) electrons. The second-order valence-corrected chi connectivity index (χ2v) is 6.72. The van der Waals surface area contributed by atoms with Crippen molar-refractivity contribution in [2.24, 2.45) is 0 Å². The predicted molar refractivity (Wildman–Crippen MR) is 105 cm³/mol. The summed E-state index contributed by atoms with van der Waals surface area (Å²) in [6.07, 6.45) is 2.18. The van der Waals surface area contributed by atoms with Crippen LogP contribution in [-0.4, -0.2) is 6.71 Å². The van der Waals surface area contributed by atoms with Gasteiger partial charge in [-0.25, -0.2) is 0 Å². The van der Waals surface area contributed by atoms with E-state index in [0.29, 0.717) is 12.6 Å². The highest BCUT2D eigenvalue weighted by Gasteiger charge is 2.19. The summed E-state index contributed by atoms with van der Waals surface area (Å²) in [5, 5.41) is 0. The first-order valence-corrected chi connectivity index (χ1v) is 8.91. The van der Waals surface area contributed by atoms with Crippen LogP contribution in [0.15, 0.2) is 60.1 Å². The predicted octanol–water partition coefficient (Wildman–Crippen LogP) is 4.88. The van der Waals surface area contributed by atoms with Gasteiger partial charge >= 0.3 is 0 Å². The van der Waals surface area contributed by atoms with Gasteiger partial charge in [0.15, 0.2) is 0 Å². The lowest BCUT2D eigenvalue weighted by Gasteiger charge is -2.17. The molecule has 1 heteroatoms. The normalized spacial score (nSPS) is 11.8. The molecule has 0 unspecified atom stereocenters. The average molecular weight is 304 g/mol. The van der Waals surface area contributed by atoms with E-state index in [2.05, 4.69) is 89.1 Å². The zero-order valence-corrected chi connectivity index (χ0v) is 15.3. The Balaban J connectivity index is 2.57. The van der Waals surface area contributed by atoms with E-state index in [9.17, 15) is 0 Å². The largest absolute Gasteiger partial charge is 0.234 e. The van der Waals surface area contributed by atoms with Gasteiger partial charge < -0.3 is 0 Å². The minimum absolute atomic E-state index is 0.352. The first-order chi connectivity index (χ1) is 11.1. The SMILES string of the molecule is CCC(C)=CB(c1cccc(C(C)C)c1)c1ccccc1CC. The molecule has 0 fully saturated rings. The number of rotatable bonds is 6. The third-order valence-electron chi connectivity index (χ3n) is 4.72. The molecular weight excluding hydrogens is 275 g/mol. The summed E-state index contributed by atoms with van der Waals surface area (Å²) in [5.41, 5.74) is 7.18. The summed E-state index contributed by atoms with van der Waals surface area (Å²) < 4.78 is 0. The van der Waals surface area contributed by atoms with E-state index in [1.807, 2.05) is 0 Å². The molecule has 0 saturated carbocycles. The van der Waals surface area contributed by atoms with Crippen LogP contribution in [0.4, 0.5) is 0 Å². The zero-order chi connectivity index (χ0) is 16.8. The molecule has 0 spiro atoms. The highest BCUT2D eigenvalue weighted by Crippen LogP contribution is 2.13. The van der Waals surface area contributed by atoms with E-state index in [-0.39, 0.29) is 0 Å². The van der Waals surface area contributed by atoms with Crippen molar-refractivity contribution in [2.45, 2.75) is 53.4 Å². The zero-order valence-electron chi connectivity index (χ0n) is 15.3. The van der Waals surface area contributed by atoms with E-state index in [1.165, 1.54) is 27.6 Å². The maximum atomic E-state index is 2.45. The molecule has 120 valence electrons. The summed E-state index contributed by atoms with van der Waals surface area (Å²) in [4.78, 5) is 0. The minimum atomic E-state index is 0.352. The van der Waals surface area contributed by atoms with E-state index >= 15 is 0 Å². The Labute approximate surface area is 142 Å². The third-order valence-corrected chi connectivity index (χ3v) is 4.72. The van der Waals surface area contributed by atoms with Crippen molar-refractivity contribution in [1.82, 2.24) is 0 Å². The molecule has 0 bridgehead atoms. The quantitative estimate of drug-likeness (QED) is 0.667. The number of hydrogen-bond donors (Lipinski definition) is 0. The first kappa shape index (κ1) is 17.6. The molecular formula is C22H29B. The number of aryl methyl sites for hydroxylation is 1. The van der Waals surface area contributed by atoms with Crippen molar-refractivity contribution >= 4 is 17.6 Å². The molecule has 0 nitrogen and oxygen atoms in total. The Bertz CT molecular complexity index is 667. The molecule has 0 N–H and O–H groups in total. The lowest BCUT2D eigenvalue weighted by Crippen LogP contribution is -2.43. The molecule has 0 saturated heterocycles. The van der Waals surface area contributed by atoms with Crippen LogP contribution in [0, 0.1) is 0 Å². The Morgan fingerprint density at radius 1 is 1.04 bits per heavy atom. The number of benzene rings is 2. The first-order valence-electron chi connectivity index (χ1n) is 8.91. The van der Waals surface area contributed by atoms with Gasteiger partial charge in [0.05, 0.1) is 0 Å². The van der Waals surface area contributed by atoms with E-state index in [0.717, 1.165) is 12.8 Å². The molecule has 0 aliphatic heterocycles. The lowest BCUT2D eigenvalue weighted by molar-refractivity contribution is 0.868. The molecule has 0 atom stereocenters. The average Bonchev–Trinajstić information content (AvgIpc) is 2.59. The smallest absolute Gasteiger partial charge is 0.107 e. The van der Waals surface area contributed by atoms with Crippen LogP contribution < -0.4 is 10.9 Å². The fraction of sp³-hybridized carbons (Fsp3) is 0.364. The van der Waals surface area contributed by atoms with Crippen molar-refractivity contribution in [3.63, 3.8) is 0 Å². The summed E-state index contributed by atoms with van der Waals surface area (Å²) in [5.74, 6) is 3.02. The van der Waals surface area contributed by atoms with Gasteiger partial charge in [-0.05, 0) is 31.2 Å². The Hall–Kier alpha value is -1.76. The monoisotopic (exact) mass is 304 g/mol. The van der Waals surface area contributed by atoms with Gasteiger partial charge in [0.2, 0.25) is 6.71 Å². The molecule has 2 aromatic rings. The van der Waals surface area contributed by atoms with Gasteiger partial charge in [-0.2, -0.15) is 0 Å². The standard InChI is InChI=1S/C22H29B/c1-6-18(5)16-23(22-14-9-8-11-19(22)7-2)21-13-10-12-20(15-21)17(3)4/h8-17H,6-7H2,1-5H3. The van der Waals surface area contributed by atoms with Gasteiger partial charge in [0.25, 0.3) is 0 Å². The minimum Gasteiger partial charge on any atom is -0.107 e. The van der Waals surface area contributed by atoms with Crippen LogP contribution in [0.2, 0.25) is 0 Å². The lowest BCUT2D eigenvalue weighted by atomic mass is 9.39. The van der Waals surface area contributed by atoms with Crippen molar-refractivity contribution in [1.29, 1.82) is 0 Å². The highest BCUT2D eigenvalue weighted by atomic mass is 14.0. The van der Waals surface area contributed by atoms with Gasteiger partial charge in [-0.15, -0.1) is 5.98 Å². The Kier molecular flexibility index (Phi) is 6.27. The van der Waals surface area contributed by atoms with E-state index < -0.39 is 0 Å². The van der Waals surface area contributed by atoms with Crippen LogP contribution in [0.5, 0.6) is 0 Å². The van der Waals surface area contributed by atoms with Crippen molar-refractivity contribution in [2.75, 3.05) is 0 Å². The second-order valence-electron chi connectivity index (χ2n) is 6.72. The maximum Gasteiger partial charge on any atom is 0.234 e. The second kappa shape index (κ2) is 8.20. The number of allylic oxidation sites excluding steroid dienone is 1. The molecule has 0 aromatic heterocycles. The van der Waals surface area contributed by atoms with Crippen molar-refractivity contribution < 1.29 is 0 Å². The van der Waals surface area contributed by atoms with Crippen LogP contribution in [-0.2, 0) is 6.42 Å². The summed E-state index contributed by atoms with van der Waals surface area (Å²) >= 11 is 0. The van der Waals surface area contributed by atoms with Gasteiger partial charge in [0.1, 0.15) is 0 Å². The molecule has 2 aromatic carbocycles. The van der Waals surface area contributed by atoms with Crippen LogP contribution in [0.3, 0.4) is 0 Å². The molecule has 2 rings (SSSR count). The fourth-order valence-electron chi connectivity index (χ4n) is 3.04. The molecule has 0 aliphatic carbocycles. The molecule has 0 aliphatic rings. The van der Waals surface area contributed by atoms with E-state index in [1.54, 1.807) is 0 Å². The third kappa shape index (κ3) is 4.38. The molecule has 0 heterocycles. The Morgan fingerprint density at radius 3 is 2.43 bits per heavy atom. The summed E-state index contributed by atoms with van der Waals surface area (Å²) in [7, 11) is 0. The van der Waals surface area contributed by atoms with Crippen LogP contribution >= 0.6 is 0 Å². The fourth-order valence-corrected chi connectivity index (χ4v) is 3.04. The van der Waals surface area contributed by atoms with Crippen molar-refractivity contribution in [3.8, 4) is 0 Å². The van der Waals surface area contributed by atoms with Gasteiger partial charge in [-0.3, -0.25) is 0 Å².